The molecular weight excluding hydrogens is 370 g/mol. The summed E-state index contributed by atoms with van der Waals surface area (Å²) in [4.78, 5) is 26.5. The average molecular weight is 398 g/mol. The van der Waals surface area contributed by atoms with Crippen LogP contribution < -0.4 is 0 Å². The Morgan fingerprint density at radius 3 is 2.50 bits per heavy atom. The van der Waals surface area contributed by atoms with Crippen molar-refractivity contribution in [1.29, 1.82) is 0 Å². The fourth-order valence-electron chi connectivity index (χ4n) is 4.70. The number of hydrogen-bond donors (Lipinski definition) is 0. The SMILES string of the molecule is Cc1cc2c(cc1C=O)C(=O)C(CC1CCN(Cc3ccccc3)CC1)C2.Cl. The molecule has 0 radical (unpaired) electrons. The van der Waals surface area contributed by atoms with Crippen molar-refractivity contribution in [1.82, 2.24) is 4.90 Å². The van der Waals surface area contributed by atoms with E-state index in [-0.39, 0.29) is 24.1 Å². The quantitative estimate of drug-likeness (QED) is 0.674. The number of carbonyl (C=O) groups excluding carboxylic acids is 2. The molecule has 1 fully saturated rings. The second-order valence-corrected chi connectivity index (χ2v) is 8.19. The van der Waals surface area contributed by atoms with Crippen molar-refractivity contribution >= 4 is 24.5 Å². The molecule has 1 unspecified atom stereocenters. The van der Waals surface area contributed by atoms with Crippen molar-refractivity contribution in [3.63, 3.8) is 0 Å². The number of fused-ring (bicyclic) bond motifs is 1. The number of aldehydes is 1. The lowest BCUT2D eigenvalue weighted by atomic mass is 9.85. The molecule has 4 rings (SSSR count). The lowest BCUT2D eigenvalue weighted by Crippen LogP contribution is -2.34. The van der Waals surface area contributed by atoms with E-state index in [9.17, 15) is 9.59 Å². The molecular formula is C24H28ClNO2. The molecule has 2 aromatic carbocycles. The average Bonchev–Trinajstić information content (AvgIpc) is 2.98. The summed E-state index contributed by atoms with van der Waals surface area (Å²) in [5, 5.41) is 0. The van der Waals surface area contributed by atoms with Gasteiger partial charge in [0.1, 0.15) is 6.29 Å². The zero-order chi connectivity index (χ0) is 18.8. The number of ketones is 1. The number of nitrogens with zero attached hydrogens (tertiary/aromatic N) is 1. The summed E-state index contributed by atoms with van der Waals surface area (Å²) in [6.07, 6.45) is 5.04. The predicted molar refractivity (Wildman–Crippen MR) is 114 cm³/mol. The van der Waals surface area contributed by atoms with Crippen LogP contribution >= 0.6 is 12.4 Å². The highest BCUT2D eigenvalue weighted by Gasteiger charge is 2.33. The molecule has 2 aliphatic rings. The Balaban J connectivity index is 0.00000225. The maximum atomic E-state index is 12.8. The van der Waals surface area contributed by atoms with Crippen molar-refractivity contribution in [2.45, 2.75) is 39.2 Å². The summed E-state index contributed by atoms with van der Waals surface area (Å²) >= 11 is 0. The third kappa shape index (κ3) is 4.37. The lowest BCUT2D eigenvalue weighted by molar-refractivity contribution is 0.0895. The summed E-state index contributed by atoms with van der Waals surface area (Å²) in [5.41, 5.74) is 4.92. The fourth-order valence-corrected chi connectivity index (χ4v) is 4.70. The Bertz CT molecular complexity index is 841. The first-order valence-corrected chi connectivity index (χ1v) is 10.0. The minimum absolute atomic E-state index is 0. The molecule has 1 aliphatic carbocycles. The van der Waals surface area contributed by atoms with Crippen molar-refractivity contribution in [3.8, 4) is 0 Å². The van der Waals surface area contributed by atoms with Gasteiger partial charge in [-0.15, -0.1) is 12.4 Å². The number of rotatable bonds is 5. The zero-order valence-corrected chi connectivity index (χ0v) is 17.2. The monoisotopic (exact) mass is 397 g/mol. The highest BCUT2D eigenvalue weighted by atomic mass is 35.5. The smallest absolute Gasteiger partial charge is 0.166 e. The van der Waals surface area contributed by atoms with Crippen LogP contribution in [0, 0.1) is 18.8 Å². The van der Waals surface area contributed by atoms with Crippen molar-refractivity contribution in [3.05, 3.63) is 70.3 Å². The van der Waals surface area contributed by atoms with E-state index in [1.54, 1.807) is 0 Å². The molecule has 1 atom stereocenters. The van der Waals surface area contributed by atoms with E-state index in [1.807, 2.05) is 19.1 Å². The molecule has 4 heteroatoms. The highest BCUT2D eigenvalue weighted by molar-refractivity contribution is 6.03. The van der Waals surface area contributed by atoms with E-state index in [0.717, 1.165) is 55.5 Å². The first kappa shape index (κ1) is 20.8. The maximum Gasteiger partial charge on any atom is 0.166 e. The minimum atomic E-state index is 0. The molecule has 28 heavy (non-hydrogen) atoms. The van der Waals surface area contributed by atoms with Gasteiger partial charge in [0.2, 0.25) is 0 Å². The Kier molecular flexibility index (Phi) is 6.69. The van der Waals surface area contributed by atoms with Crippen LogP contribution in [0.3, 0.4) is 0 Å². The molecule has 0 amide bonds. The number of piperidine rings is 1. The van der Waals surface area contributed by atoms with Crippen molar-refractivity contribution < 1.29 is 9.59 Å². The van der Waals surface area contributed by atoms with Gasteiger partial charge in [0, 0.05) is 23.6 Å². The molecule has 0 N–H and O–H groups in total. The molecule has 1 saturated heterocycles. The van der Waals surface area contributed by atoms with Gasteiger partial charge >= 0.3 is 0 Å². The normalized spacial score (nSPS) is 19.9. The number of benzene rings is 2. The first-order chi connectivity index (χ1) is 13.1. The number of hydrogen-bond acceptors (Lipinski definition) is 3. The van der Waals surface area contributed by atoms with Gasteiger partial charge in [-0.3, -0.25) is 14.5 Å². The van der Waals surface area contributed by atoms with E-state index >= 15 is 0 Å². The predicted octanol–water partition coefficient (Wildman–Crippen LogP) is 4.89. The third-order valence-electron chi connectivity index (χ3n) is 6.30. The number of carbonyl (C=O) groups is 2. The first-order valence-electron chi connectivity index (χ1n) is 10.0. The summed E-state index contributed by atoms with van der Waals surface area (Å²) < 4.78 is 0. The zero-order valence-electron chi connectivity index (χ0n) is 16.4. The highest BCUT2D eigenvalue weighted by Crippen LogP contribution is 2.35. The van der Waals surface area contributed by atoms with Crippen LogP contribution in [-0.2, 0) is 13.0 Å². The number of halogens is 1. The summed E-state index contributed by atoms with van der Waals surface area (Å²) in [6, 6.07) is 14.5. The fraction of sp³-hybridized carbons (Fsp3) is 0.417. The van der Waals surface area contributed by atoms with Crippen LogP contribution in [-0.4, -0.2) is 30.1 Å². The van der Waals surface area contributed by atoms with Crippen LogP contribution in [0.4, 0.5) is 0 Å². The minimum Gasteiger partial charge on any atom is -0.299 e. The van der Waals surface area contributed by atoms with Crippen molar-refractivity contribution in [2.75, 3.05) is 13.1 Å². The van der Waals surface area contributed by atoms with E-state index in [1.165, 1.54) is 18.4 Å². The molecule has 148 valence electrons. The van der Waals surface area contributed by atoms with Crippen LogP contribution in [0.5, 0.6) is 0 Å². The Morgan fingerprint density at radius 2 is 1.82 bits per heavy atom. The van der Waals surface area contributed by atoms with E-state index in [2.05, 4.69) is 35.2 Å². The Morgan fingerprint density at radius 1 is 1.11 bits per heavy atom. The molecule has 0 saturated carbocycles. The standard InChI is InChI=1S/C24H27NO2.ClH/c1-17-11-20-13-21(24(27)23(20)14-22(17)16-26)12-18-7-9-25(10-8-18)15-19-5-3-2-4-6-19;/h2-6,11,14,16,18,21H,7-10,12-13,15H2,1H3;1H. The van der Waals surface area contributed by atoms with E-state index < -0.39 is 0 Å². The largest absolute Gasteiger partial charge is 0.299 e. The molecule has 1 aliphatic heterocycles. The second kappa shape index (κ2) is 9.02. The Hall–Kier alpha value is -1.97. The van der Waals surface area contributed by atoms with Crippen LogP contribution in [0.25, 0.3) is 0 Å². The van der Waals surface area contributed by atoms with Crippen LogP contribution in [0.2, 0.25) is 0 Å². The van der Waals surface area contributed by atoms with Gasteiger partial charge in [-0.2, -0.15) is 0 Å². The van der Waals surface area contributed by atoms with Gasteiger partial charge in [0.25, 0.3) is 0 Å². The van der Waals surface area contributed by atoms with E-state index in [0.29, 0.717) is 11.5 Å². The number of Topliss-reactive ketones (excluding diaryl/α,β-unsaturated/α-hetero) is 1. The maximum absolute atomic E-state index is 12.8. The summed E-state index contributed by atoms with van der Waals surface area (Å²) in [6.45, 7) is 5.20. The molecule has 0 aromatic heterocycles. The third-order valence-corrected chi connectivity index (χ3v) is 6.30. The number of likely N-dealkylation sites (tertiary alicyclic amines) is 1. The van der Waals surface area contributed by atoms with Crippen molar-refractivity contribution in [2.24, 2.45) is 11.8 Å². The van der Waals surface area contributed by atoms with Gasteiger partial charge in [-0.05, 0) is 74.4 Å². The van der Waals surface area contributed by atoms with E-state index in [4.69, 9.17) is 0 Å². The molecule has 1 heterocycles. The van der Waals surface area contributed by atoms with Gasteiger partial charge < -0.3 is 0 Å². The molecule has 0 spiro atoms. The lowest BCUT2D eigenvalue weighted by Gasteiger charge is -2.32. The summed E-state index contributed by atoms with van der Waals surface area (Å²) in [5.74, 6) is 0.985. The summed E-state index contributed by atoms with van der Waals surface area (Å²) in [7, 11) is 0. The van der Waals surface area contributed by atoms with Crippen LogP contribution in [0.1, 0.15) is 56.7 Å². The second-order valence-electron chi connectivity index (χ2n) is 8.19. The molecule has 0 bridgehead atoms. The topological polar surface area (TPSA) is 37.4 Å². The Labute approximate surface area is 173 Å². The molecule has 2 aromatic rings. The molecule has 3 nitrogen and oxygen atoms in total. The van der Waals surface area contributed by atoms with Gasteiger partial charge in [-0.25, -0.2) is 0 Å². The number of aryl methyl sites for hydroxylation is 1. The van der Waals surface area contributed by atoms with Gasteiger partial charge in [0.05, 0.1) is 0 Å². The van der Waals surface area contributed by atoms with Gasteiger partial charge in [0.15, 0.2) is 5.78 Å². The van der Waals surface area contributed by atoms with Gasteiger partial charge in [-0.1, -0.05) is 36.4 Å². The van der Waals surface area contributed by atoms with Crippen LogP contribution in [0.15, 0.2) is 42.5 Å².